The Morgan fingerprint density at radius 1 is 1.67 bits per heavy atom. The van der Waals surface area contributed by atoms with E-state index in [9.17, 15) is 4.79 Å². The maximum atomic E-state index is 10.5. The number of pyridine rings is 1. The van der Waals surface area contributed by atoms with Crippen LogP contribution in [-0.4, -0.2) is 22.6 Å². The van der Waals surface area contributed by atoms with E-state index in [1.54, 1.807) is 6.20 Å². The van der Waals surface area contributed by atoms with E-state index in [4.69, 9.17) is 5.11 Å². The number of nitrogens with zero attached hydrogens (tertiary/aromatic N) is 1. The largest absolute Gasteiger partial charge is 0.478 e. The van der Waals surface area contributed by atoms with Gasteiger partial charge in [-0.15, -0.1) is 0 Å². The molecule has 0 amide bonds. The lowest BCUT2D eigenvalue weighted by atomic mass is 10.2. The summed E-state index contributed by atoms with van der Waals surface area (Å²) in [6, 6.07) is 5.64. The molecule has 0 fully saturated rings. The van der Waals surface area contributed by atoms with Gasteiger partial charge in [0.1, 0.15) is 0 Å². The van der Waals surface area contributed by atoms with Gasteiger partial charge >= 0.3 is 5.97 Å². The molecule has 80 valence electrons. The van der Waals surface area contributed by atoms with Gasteiger partial charge in [-0.1, -0.05) is 12.6 Å². The molecular formula is C11H14N2O2. The number of hydrogen-bond acceptors (Lipinski definition) is 3. The molecule has 4 heteroatoms. The highest BCUT2D eigenvalue weighted by Crippen LogP contribution is 2.07. The van der Waals surface area contributed by atoms with Gasteiger partial charge in [0.2, 0.25) is 0 Å². The number of rotatable bonds is 5. The fourth-order valence-corrected chi connectivity index (χ4v) is 1.09. The number of aromatic nitrogens is 1. The van der Waals surface area contributed by atoms with Crippen molar-refractivity contribution < 1.29 is 9.90 Å². The first kappa shape index (κ1) is 11.4. The molecule has 1 rings (SSSR count). The van der Waals surface area contributed by atoms with Crippen LogP contribution in [0.1, 0.15) is 18.7 Å². The normalized spacial score (nSPS) is 12.1. The van der Waals surface area contributed by atoms with Gasteiger partial charge in [-0.05, 0) is 19.1 Å². The Hall–Kier alpha value is -1.68. The van der Waals surface area contributed by atoms with E-state index >= 15 is 0 Å². The van der Waals surface area contributed by atoms with Crippen LogP contribution in [-0.2, 0) is 4.79 Å². The number of aliphatic carboxylic acids is 1. The fraction of sp³-hybridized carbons (Fsp3) is 0.273. The van der Waals surface area contributed by atoms with Gasteiger partial charge in [0.25, 0.3) is 0 Å². The number of hydrogen-bond donors (Lipinski definition) is 2. The van der Waals surface area contributed by atoms with Crippen LogP contribution in [0.15, 0.2) is 36.5 Å². The summed E-state index contributed by atoms with van der Waals surface area (Å²) in [4.78, 5) is 14.7. The SMILES string of the molecule is C=C(CN[C@H](C)c1ccccn1)C(=O)O. The van der Waals surface area contributed by atoms with Crippen molar-refractivity contribution in [1.82, 2.24) is 10.3 Å². The molecule has 0 saturated heterocycles. The van der Waals surface area contributed by atoms with Crippen molar-refractivity contribution in [3.63, 3.8) is 0 Å². The second kappa shape index (κ2) is 5.26. The summed E-state index contributed by atoms with van der Waals surface area (Å²) in [5.41, 5.74) is 1.04. The molecule has 0 unspecified atom stereocenters. The van der Waals surface area contributed by atoms with Crippen molar-refractivity contribution in [1.29, 1.82) is 0 Å². The summed E-state index contributed by atoms with van der Waals surface area (Å²) in [6.07, 6.45) is 1.71. The van der Waals surface area contributed by atoms with Crippen LogP contribution in [0.5, 0.6) is 0 Å². The van der Waals surface area contributed by atoms with Gasteiger partial charge in [0.15, 0.2) is 0 Å². The highest BCUT2D eigenvalue weighted by molar-refractivity contribution is 5.86. The van der Waals surface area contributed by atoms with Gasteiger partial charge in [-0.3, -0.25) is 4.98 Å². The lowest BCUT2D eigenvalue weighted by Gasteiger charge is -2.12. The Bertz CT molecular complexity index is 349. The lowest BCUT2D eigenvalue weighted by molar-refractivity contribution is -0.132. The molecular weight excluding hydrogens is 192 g/mol. The Morgan fingerprint density at radius 2 is 2.40 bits per heavy atom. The molecule has 0 radical (unpaired) electrons. The molecule has 0 aromatic carbocycles. The predicted octanol–water partition coefficient (Wildman–Crippen LogP) is 1.37. The average Bonchev–Trinajstić information content (AvgIpc) is 2.26. The monoisotopic (exact) mass is 206 g/mol. The van der Waals surface area contributed by atoms with E-state index < -0.39 is 5.97 Å². The third-order valence-electron chi connectivity index (χ3n) is 2.06. The topological polar surface area (TPSA) is 62.2 Å². The molecule has 0 bridgehead atoms. The zero-order valence-electron chi connectivity index (χ0n) is 8.60. The van der Waals surface area contributed by atoms with E-state index in [1.165, 1.54) is 0 Å². The third-order valence-corrected chi connectivity index (χ3v) is 2.06. The van der Waals surface area contributed by atoms with Gasteiger partial charge in [-0.25, -0.2) is 4.79 Å². The van der Waals surface area contributed by atoms with Gasteiger partial charge < -0.3 is 10.4 Å². The first-order valence-corrected chi connectivity index (χ1v) is 4.66. The van der Waals surface area contributed by atoms with E-state index in [2.05, 4.69) is 16.9 Å². The van der Waals surface area contributed by atoms with Crippen molar-refractivity contribution in [2.24, 2.45) is 0 Å². The molecule has 4 nitrogen and oxygen atoms in total. The van der Waals surface area contributed by atoms with Crippen LogP contribution in [0, 0.1) is 0 Å². The molecule has 0 aliphatic carbocycles. The molecule has 0 aliphatic heterocycles. The summed E-state index contributed by atoms with van der Waals surface area (Å²) in [5, 5.41) is 11.6. The number of carboxylic acids is 1. The minimum absolute atomic E-state index is 0.0160. The molecule has 0 saturated carbocycles. The summed E-state index contributed by atoms with van der Waals surface area (Å²) in [6.45, 7) is 5.62. The maximum absolute atomic E-state index is 10.5. The zero-order valence-corrected chi connectivity index (χ0v) is 8.60. The van der Waals surface area contributed by atoms with Crippen LogP contribution in [0.4, 0.5) is 0 Å². The van der Waals surface area contributed by atoms with Crippen LogP contribution in [0.2, 0.25) is 0 Å². The zero-order chi connectivity index (χ0) is 11.3. The second-order valence-electron chi connectivity index (χ2n) is 3.27. The Kier molecular flexibility index (Phi) is 4.00. The number of carboxylic acid groups (broad SMARTS) is 1. The molecule has 1 aromatic rings. The first-order chi connectivity index (χ1) is 7.11. The second-order valence-corrected chi connectivity index (χ2v) is 3.27. The molecule has 1 atom stereocenters. The number of carbonyl (C=O) groups is 1. The fourth-order valence-electron chi connectivity index (χ4n) is 1.09. The first-order valence-electron chi connectivity index (χ1n) is 4.66. The van der Waals surface area contributed by atoms with E-state index in [0.29, 0.717) is 0 Å². The molecule has 1 aromatic heterocycles. The van der Waals surface area contributed by atoms with Crippen molar-refractivity contribution in [3.8, 4) is 0 Å². The Balaban J connectivity index is 2.47. The Morgan fingerprint density at radius 3 is 2.93 bits per heavy atom. The molecule has 1 heterocycles. The summed E-state index contributed by atoms with van der Waals surface area (Å²) < 4.78 is 0. The quantitative estimate of drug-likeness (QED) is 0.714. The maximum Gasteiger partial charge on any atom is 0.332 e. The smallest absolute Gasteiger partial charge is 0.332 e. The van der Waals surface area contributed by atoms with Crippen LogP contribution >= 0.6 is 0 Å². The van der Waals surface area contributed by atoms with Crippen molar-refractivity contribution in [3.05, 3.63) is 42.2 Å². The van der Waals surface area contributed by atoms with Crippen molar-refractivity contribution in [2.75, 3.05) is 6.54 Å². The van der Waals surface area contributed by atoms with E-state index in [-0.39, 0.29) is 18.2 Å². The van der Waals surface area contributed by atoms with Crippen LogP contribution < -0.4 is 5.32 Å². The third kappa shape index (κ3) is 3.52. The van der Waals surface area contributed by atoms with Crippen LogP contribution in [0.25, 0.3) is 0 Å². The molecule has 0 spiro atoms. The van der Waals surface area contributed by atoms with E-state index in [1.807, 2.05) is 25.1 Å². The summed E-state index contributed by atoms with van der Waals surface area (Å²) in [7, 11) is 0. The standard InChI is InChI=1S/C11H14N2O2/c1-8(11(14)15)7-13-9(2)10-5-3-4-6-12-10/h3-6,9,13H,1,7H2,2H3,(H,14,15)/t9-/m1/s1. The highest BCUT2D eigenvalue weighted by Gasteiger charge is 2.08. The van der Waals surface area contributed by atoms with E-state index in [0.717, 1.165) is 5.69 Å². The van der Waals surface area contributed by atoms with Gasteiger partial charge in [0, 0.05) is 24.4 Å². The summed E-state index contributed by atoms with van der Waals surface area (Å²) >= 11 is 0. The highest BCUT2D eigenvalue weighted by atomic mass is 16.4. The minimum atomic E-state index is -0.976. The molecule has 15 heavy (non-hydrogen) atoms. The molecule has 2 N–H and O–H groups in total. The average molecular weight is 206 g/mol. The number of nitrogens with one attached hydrogen (secondary N) is 1. The van der Waals surface area contributed by atoms with Crippen molar-refractivity contribution >= 4 is 5.97 Å². The Labute approximate surface area is 88.7 Å². The summed E-state index contributed by atoms with van der Waals surface area (Å²) in [5.74, 6) is -0.976. The minimum Gasteiger partial charge on any atom is -0.478 e. The predicted molar refractivity (Wildman–Crippen MR) is 57.4 cm³/mol. The lowest BCUT2D eigenvalue weighted by Crippen LogP contribution is -2.24. The van der Waals surface area contributed by atoms with Crippen molar-refractivity contribution in [2.45, 2.75) is 13.0 Å². The van der Waals surface area contributed by atoms with Crippen LogP contribution in [0.3, 0.4) is 0 Å². The van der Waals surface area contributed by atoms with Gasteiger partial charge in [-0.2, -0.15) is 0 Å². The molecule has 0 aliphatic rings. The van der Waals surface area contributed by atoms with Gasteiger partial charge in [0.05, 0.1) is 5.69 Å².